The number of amides is 1. The Balaban J connectivity index is 1.54. The zero-order valence-electron chi connectivity index (χ0n) is 13.3. The first-order chi connectivity index (χ1) is 11.1. The minimum Gasteiger partial charge on any atom is -0.336 e. The van der Waals surface area contributed by atoms with Crippen LogP contribution in [-0.2, 0) is 6.54 Å². The molecule has 1 saturated heterocycles. The molecule has 1 amide bonds. The molecule has 4 heteroatoms. The van der Waals surface area contributed by atoms with Gasteiger partial charge >= 0.3 is 0 Å². The summed E-state index contributed by atoms with van der Waals surface area (Å²) in [6.45, 7) is 6.50. The van der Waals surface area contributed by atoms with Crippen LogP contribution in [0.5, 0.6) is 0 Å². The SMILES string of the molecule is Cc1ccc(CN2CCN(C(=O)c3ccc(Br)cc3)CC2)cc1. The van der Waals surface area contributed by atoms with Crippen molar-refractivity contribution in [3.8, 4) is 0 Å². The van der Waals surface area contributed by atoms with Crippen LogP contribution >= 0.6 is 15.9 Å². The van der Waals surface area contributed by atoms with Gasteiger partial charge in [0.1, 0.15) is 0 Å². The number of hydrogen-bond acceptors (Lipinski definition) is 2. The quantitative estimate of drug-likeness (QED) is 0.819. The third-order valence-corrected chi connectivity index (χ3v) is 4.81. The number of rotatable bonds is 3. The van der Waals surface area contributed by atoms with Crippen LogP contribution in [0.15, 0.2) is 53.0 Å². The predicted octanol–water partition coefficient (Wildman–Crippen LogP) is 3.72. The van der Waals surface area contributed by atoms with E-state index >= 15 is 0 Å². The lowest BCUT2D eigenvalue weighted by atomic mass is 10.1. The van der Waals surface area contributed by atoms with Crippen molar-refractivity contribution < 1.29 is 4.79 Å². The summed E-state index contributed by atoms with van der Waals surface area (Å²) >= 11 is 3.40. The molecule has 0 saturated carbocycles. The minimum atomic E-state index is 0.132. The molecule has 0 unspecified atom stereocenters. The largest absolute Gasteiger partial charge is 0.336 e. The Kier molecular flexibility index (Phi) is 5.13. The third-order valence-electron chi connectivity index (χ3n) is 4.28. The summed E-state index contributed by atoms with van der Waals surface area (Å²) in [4.78, 5) is 16.9. The van der Waals surface area contributed by atoms with Crippen molar-refractivity contribution in [2.45, 2.75) is 13.5 Å². The normalized spacial score (nSPS) is 15.7. The van der Waals surface area contributed by atoms with Crippen LogP contribution in [-0.4, -0.2) is 41.9 Å². The van der Waals surface area contributed by atoms with Crippen molar-refractivity contribution in [1.29, 1.82) is 0 Å². The molecule has 0 N–H and O–H groups in total. The van der Waals surface area contributed by atoms with E-state index in [0.717, 1.165) is 42.8 Å². The van der Waals surface area contributed by atoms with Crippen LogP contribution in [0.1, 0.15) is 21.5 Å². The zero-order chi connectivity index (χ0) is 16.2. The maximum absolute atomic E-state index is 12.5. The topological polar surface area (TPSA) is 23.6 Å². The van der Waals surface area contributed by atoms with Crippen molar-refractivity contribution in [3.05, 3.63) is 69.7 Å². The van der Waals surface area contributed by atoms with E-state index in [4.69, 9.17) is 0 Å². The van der Waals surface area contributed by atoms with Gasteiger partial charge in [-0.3, -0.25) is 9.69 Å². The molecule has 0 aromatic heterocycles. The monoisotopic (exact) mass is 372 g/mol. The van der Waals surface area contributed by atoms with Gasteiger partial charge in [0.2, 0.25) is 0 Å². The van der Waals surface area contributed by atoms with Crippen molar-refractivity contribution in [1.82, 2.24) is 9.80 Å². The number of piperazine rings is 1. The van der Waals surface area contributed by atoms with Gasteiger partial charge in [0.25, 0.3) is 5.91 Å². The van der Waals surface area contributed by atoms with Crippen LogP contribution in [0.4, 0.5) is 0 Å². The first-order valence-corrected chi connectivity index (χ1v) is 8.74. The molecule has 1 heterocycles. The second kappa shape index (κ2) is 7.28. The highest BCUT2D eigenvalue weighted by atomic mass is 79.9. The molecule has 120 valence electrons. The molecule has 0 bridgehead atoms. The Labute approximate surface area is 146 Å². The number of hydrogen-bond donors (Lipinski definition) is 0. The highest BCUT2D eigenvalue weighted by molar-refractivity contribution is 9.10. The highest BCUT2D eigenvalue weighted by Crippen LogP contribution is 2.15. The maximum atomic E-state index is 12.5. The molecule has 0 spiro atoms. The van der Waals surface area contributed by atoms with Gasteiger partial charge in [0.05, 0.1) is 0 Å². The molecule has 1 aliphatic rings. The van der Waals surface area contributed by atoms with E-state index in [1.807, 2.05) is 29.2 Å². The Bertz CT molecular complexity index is 659. The number of carbonyl (C=O) groups excluding carboxylic acids is 1. The van der Waals surface area contributed by atoms with Gasteiger partial charge in [-0.25, -0.2) is 0 Å². The minimum absolute atomic E-state index is 0.132. The zero-order valence-corrected chi connectivity index (χ0v) is 14.9. The number of halogens is 1. The van der Waals surface area contributed by atoms with E-state index in [1.165, 1.54) is 11.1 Å². The highest BCUT2D eigenvalue weighted by Gasteiger charge is 2.22. The molecule has 0 radical (unpaired) electrons. The summed E-state index contributed by atoms with van der Waals surface area (Å²) in [6, 6.07) is 16.3. The number of carbonyl (C=O) groups is 1. The summed E-state index contributed by atoms with van der Waals surface area (Å²) < 4.78 is 0.997. The predicted molar refractivity (Wildman–Crippen MR) is 96.5 cm³/mol. The molecule has 3 rings (SSSR count). The third kappa shape index (κ3) is 4.21. The lowest BCUT2D eigenvalue weighted by Crippen LogP contribution is -2.48. The van der Waals surface area contributed by atoms with E-state index in [9.17, 15) is 4.79 Å². The molecule has 3 nitrogen and oxygen atoms in total. The summed E-state index contributed by atoms with van der Waals surface area (Å²) in [5, 5.41) is 0. The standard InChI is InChI=1S/C19H21BrN2O/c1-15-2-4-16(5-3-15)14-21-10-12-22(13-11-21)19(23)17-6-8-18(20)9-7-17/h2-9H,10-14H2,1H3. The van der Waals surface area contributed by atoms with Gasteiger partial charge < -0.3 is 4.90 Å². The summed E-state index contributed by atoms with van der Waals surface area (Å²) in [6.07, 6.45) is 0. The van der Waals surface area contributed by atoms with Crippen molar-refractivity contribution in [2.75, 3.05) is 26.2 Å². The average Bonchev–Trinajstić information content (AvgIpc) is 2.58. The summed E-state index contributed by atoms with van der Waals surface area (Å²) in [5.41, 5.74) is 3.39. The van der Waals surface area contributed by atoms with Crippen LogP contribution in [0.25, 0.3) is 0 Å². The fraction of sp³-hybridized carbons (Fsp3) is 0.316. The van der Waals surface area contributed by atoms with Crippen LogP contribution in [0.3, 0.4) is 0 Å². The second-order valence-electron chi connectivity index (χ2n) is 6.06. The van der Waals surface area contributed by atoms with E-state index in [2.05, 4.69) is 52.0 Å². The summed E-state index contributed by atoms with van der Waals surface area (Å²) in [7, 11) is 0. The maximum Gasteiger partial charge on any atom is 0.253 e. The van der Waals surface area contributed by atoms with Crippen LogP contribution < -0.4 is 0 Å². The molecule has 1 fully saturated rings. The molecule has 0 atom stereocenters. The van der Waals surface area contributed by atoms with E-state index < -0.39 is 0 Å². The lowest BCUT2D eigenvalue weighted by Gasteiger charge is -2.34. The number of nitrogens with zero attached hydrogens (tertiary/aromatic N) is 2. The lowest BCUT2D eigenvalue weighted by molar-refractivity contribution is 0.0628. The van der Waals surface area contributed by atoms with E-state index in [-0.39, 0.29) is 5.91 Å². The molecular weight excluding hydrogens is 352 g/mol. The molecule has 23 heavy (non-hydrogen) atoms. The van der Waals surface area contributed by atoms with Gasteiger partial charge in [-0.05, 0) is 36.8 Å². The Morgan fingerprint density at radius 1 is 0.957 bits per heavy atom. The first-order valence-electron chi connectivity index (χ1n) is 7.94. The molecule has 2 aromatic carbocycles. The molecular formula is C19H21BrN2O. The van der Waals surface area contributed by atoms with Gasteiger partial charge in [-0.1, -0.05) is 45.8 Å². The van der Waals surface area contributed by atoms with Crippen molar-refractivity contribution in [2.24, 2.45) is 0 Å². The summed E-state index contributed by atoms with van der Waals surface area (Å²) in [5.74, 6) is 0.132. The fourth-order valence-corrected chi connectivity index (χ4v) is 3.10. The smallest absolute Gasteiger partial charge is 0.253 e. The average molecular weight is 373 g/mol. The van der Waals surface area contributed by atoms with Crippen molar-refractivity contribution >= 4 is 21.8 Å². The molecule has 1 aliphatic heterocycles. The Morgan fingerprint density at radius 3 is 2.17 bits per heavy atom. The Morgan fingerprint density at radius 2 is 1.57 bits per heavy atom. The van der Waals surface area contributed by atoms with Crippen LogP contribution in [0, 0.1) is 6.92 Å². The van der Waals surface area contributed by atoms with Gasteiger partial charge in [0.15, 0.2) is 0 Å². The van der Waals surface area contributed by atoms with E-state index in [1.54, 1.807) is 0 Å². The first kappa shape index (κ1) is 16.2. The van der Waals surface area contributed by atoms with Gasteiger partial charge in [0, 0.05) is 42.8 Å². The van der Waals surface area contributed by atoms with Gasteiger partial charge in [-0.15, -0.1) is 0 Å². The molecule has 0 aliphatic carbocycles. The molecule has 2 aromatic rings. The van der Waals surface area contributed by atoms with Crippen molar-refractivity contribution in [3.63, 3.8) is 0 Å². The van der Waals surface area contributed by atoms with Crippen LogP contribution in [0.2, 0.25) is 0 Å². The number of aryl methyl sites for hydroxylation is 1. The Hall–Kier alpha value is -1.65. The second-order valence-corrected chi connectivity index (χ2v) is 6.98. The number of benzene rings is 2. The fourth-order valence-electron chi connectivity index (χ4n) is 2.84. The van der Waals surface area contributed by atoms with E-state index in [0.29, 0.717) is 0 Å². The van der Waals surface area contributed by atoms with Gasteiger partial charge in [-0.2, -0.15) is 0 Å².